The maximum absolute atomic E-state index is 6.32. The molecule has 1 aliphatic heterocycles. The summed E-state index contributed by atoms with van der Waals surface area (Å²) in [6.07, 6.45) is 8.55. The van der Waals surface area contributed by atoms with Crippen molar-refractivity contribution >= 4 is 0 Å². The number of aromatic nitrogens is 1. The van der Waals surface area contributed by atoms with Gasteiger partial charge in [-0.15, -0.1) is 0 Å². The second-order valence-corrected chi connectivity index (χ2v) is 7.01. The molecule has 1 fully saturated rings. The number of fused-ring (bicyclic) bond motifs is 1. The summed E-state index contributed by atoms with van der Waals surface area (Å²) in [5.74, 6) is 0. The molecular formula is C16H26N2O. The highest BCUT2D eigenvalue weighted by molar-refractivity contribution is 5.30. The van der Waals surface area contributed by atoms with Crippen molar-refractivity contribution in [2.45, 2.75) is 64.6 Å². The van der Waals surface area contributed by atoms with E-state index in [4.69, 9.17) is 10.5 Å². The van der Waals surface area contributed by atoms with Crippen LogP contribution in [0.2, 0.25) is 0 Å². The smallest absolute Gasteiger partial charge is 0.0753 e. The average molecular weight is 262 g/mol. The van der Waals surface area contributed by atoms with Gasteiger partial charge >= 0.3 is 0 Å². The lowest BCUT2D eigenvalue weighted by molar-refractivity contribution is 0.00530. The molecule has 2 aliphatic rings. The molecule has 19 heavy (non-hydrogen) atoms. The van der Waals surface area contributed by atoms with E-state index in [0.717, 1.165) is 26.0 Å². The van der Waals surface area contributed by atoms with Crippen LogP contribution in [0.15, 0.2) is 12.3 Å². The summed E-state index contributed by atoms with van der Waals surface area (Å²) >= 11 is 0. The van der Waals surface area contributed by atoms with Gasteiger partial charge in [-0.3, -0.25) is 0 Å². The number of hydrogen-bond donors (Lipinski definition) is 1. The van der Waals surface area contributed by atoms with E-state index in [1.165, 1.54) is 30.5 Å². The van der Waals surface area contributed by atoms with E-state index in [1.54, 1.807) is 0 Å². The quantitative estimate of drug-likeness (QED) is 0.890. The summed E-state index contributed by atoms with van der Waals surface area (Å²) in [5, 5.41) is 0. The Bertz CT molecular complexity index is 444. The predicted molar refractivity (Wildman–Crippen MR) is 77.1 cm³/mol. The van der Waals surface area contributed by atoms with Gasteiger partial charge in [0.1, 0.15) is 0 Å². The van der Waals surface area contributed by atoms with E-state index in [9.17, 15) is 0 Å². The highest BCUT2D eigenvalue weighted by atomic mass is 16.5. The molecule has 2 N–H and O–H groups in total. The summed E-state index contributed by atoms with van der Waals surface area (Å²) in [6.45, 7) is 6.58. The molecule has 0 spiro atoms. The largest absolute Gasteiger partial charge is 0.376 e. The summed E-state index contributed by atoms with van der Waals surface area (Å²) in [7, 11) is 0. The van der Waals surface area contributed by atoms with E-state index in [1.807, 2.05) is 0 Å². The molecular weight excluding hydrogens is 236 g/mol. The molecule has 1 aromatic heterocycles. The number of ether oxygens (including phenoxy) is 1. The van der Waals surface area contributed by atoms with Crippen molar-refractivity contribution in [1.29, 1.82) is 0 Å². The predicted octanol–water partition coefficient (Wildman–Crippen LogP) is 3.03. The van der Waals surface area contributed by atoms with Crippen molar-refractivity contribution in [2.24, 2.45) is 11.1 Å². The third-order valence-electron chi connectivity index (χ3n) is 4.61. The minimum Gasteiger partial charge on any atom is -0.376 e. The molecule has 0 amide bonds. The molecule has 0 saturated carbocycles. The molecule has 2 atom stereocenters. The van der Waals surface area contributed by atoms with Crippen molar-refractivity contribution in [1.82, 2.24) is 4.57 Å². The molecule has 1 saturated heterocycles. The Morgan fingerprint density at radius 3 is 3.00 bits per heavy atom. The van der Waals surface area contributed by atoms with Crippen molar-refractivity contribution in [3.8, 4) is 0 Å². The fourth-order valence-electron chi connectivity index (χ4n) is 3.64. The zero-order valence-electron chi connectivity index (χ0n) is 12.2. The van der Waals surface area contributed by atoms with Gasteiger partial charge in [0.2, 0.25) is 0 Å². The van der Waals surface area contributed by atoms with E-state index in [-0.39, 0.29) is 6.04 Å². The van der Waals surface area contributed by atoms with Gasteiger partial charge in [-0.25, -0.2) is 0 Å². The van der Waals surface area contributed by atoms with Crippen LogP contribution in [0.25, 0.3) is 0 Å². The van der Waals surface area contributed by atoms with Crippen LogP contribution in [0.5, 0.6) is 0 Å². The Morgan fingerprint density at radius 1 is 1.42 bits per heavy atom. The second-order valence-electron chi connectivity index (χ2n) is 7.01. The lowest BCUT2D eigenvalue weighted by atomic mass is 9.74. The highest BCUT2D eigenvalue weighted by Gasteiger charge is 2.32. The maximum Gasteiger partial charge on any atom is 0.0753 e. The summed E-state index contributed by atoms with van der Waals surface area (Å²) in [4.78, 5) is 0. The van der Waals surface area contributed by atoms with Crippen molar-refractivity contribution in [3.05, 3.63) is 23.5 Å². The minimum atomic E-state index is 0.201. The summed E-state index contributed by atoms with van der Waals surface area (Å²) < 4.78 is 8.26. The highest BCUT2D eigenvalue weighted by Crippen LogP contribution is 2.40. The monoisotopic (exact) mass is 262 g/mol. The number of nitrogens with zero attached hydrogens (tertiary/aromatic N) is 1. The molecule has 0 aromatic carbocycles. The number of hydrogen-bond acceptors (Lipinski definition) is 2. The van der Waals surface area contributed by atoms with Crippen molar-refractivity contribution < 1.29 is 4.74 Å². The van der Waals surface area contributed by atoms with Gasteiger partial charge in [0.15, 0.2) is 0 Å². The Kier molecular flexibility index (Phi) is 3.44. The lowest BCUT2D eigenvalue weighted by Crippen LogP contribution is -2.32. The molecule has 106 valence electrons. The molecule has 2 unspecified atom stereocenters. The van der Waals surface area contributed by atoms with Crippen LogP contribution in [0, 0.1) is 5.41 Å². The Labute approximate surface area is 116 Å². The van der Waals surface area contributed by atoms with E-state index < -0.39 is 0 Å². The minimum absolute atomic E-state index is 0.201. The fourth-order valence-corrected chi connectivity index (χ4v) is 3.64. The molecule has 1 aromatic rings. The van der Waals surface area contributed by atoms with Crippen LogP contribution in [0.1, 0.15) is 56.8 Å². The van der Waals surface area contributed by atoms with Gasteiger partial charge in [0.25, 0.3) is 0 Å². The molecule has 1 aliphatic carbocycles. The first-order chi connectivity index (χ1) is 9.05. The first-order valence-electron chi connectivity index (χ1n) is 7.60. The normalized spacial score (nSPS) is 30.1. The van der Waals surface area contributed by atoms with Gasteiger partial charge in [-0.1, -0.05) is 13.8 Å². The van der Waals surface area contributed by atoms with E-state index in [2.05, 4.69) is 30.7 Å². The number of rotatable bonds is 2. The van der Waals surface area contributed by atoms with Gasteiger partial charge in [0.05, 0.1) is 6.10 Å². The van der Waals surface area contributed by atoms with Crippen LogP contribution >= 0.6 is 0 Å². The van der Waals surface area contributed by atoms with E-state index >= 15 is 0 Å². The van der Waals surface area contributed by atoms with Crippen LogP contribution in [-0.2, 0) is 17.7 Å². The van der Waals surface area contributed by atoms with Gasteiger partial charge < -0.3 is 15.0 Å². The molecule has 2 heterocycles. The fraction of sp³-hybridized carbons (Fsp3) is 0.750. The zero-order valence-corrected chi connectivity index (χ0v) is 12.2. The van der Waals surface area contributed by atoms with Crippen molar-refractivity contribution in [3.63, 3.8) is 0 Å². The zero-order chi connectivity index (χ0) is 13.5. The summed E-state index contributed by atoms with van der Waals surface area (Å²) in [6, 6.07) is 2.42. The standard InChI is InChI=1S/C16H26N2O/c1-16(2)9-14(17)13-6-7-18(15(13)10-16)11-12-5-3-4-8-19-12/h6-7,12,14H,3-5,8-11,17H2,1-2H3. The molecule has 0 radical (unpaired) electrons. The second kappa shape index (κ2) is 4.95. The molecule has 3 rings (SSSR count). The van der Waals surface area contributed by atoms with Crippen LogP contribution in [0.3, 0.4) is 0 Å². The van der Waals surface area contributed by atoms with Crippen molar-refractivity contribution in [2.75, 3.05) is 6.61 Å². The Balaban J connectivity index is 1.80. The Morgan fingerprint density at radius 2 is 2.26 bits per heavy atom. The third-order valence-corrected chi connectivity index (χ3v) is 4.61. The third kappa shape index (κ3) is 2.72. The SMILES string of the molecule is CC1(C)Cc2c(ccn2CC2CCCCO2)C(N)C1. The van der Waals surface area contributed by atoms with Gasteiger partial charge in [-0.05, 0) is 49.1 Å². The summed E-state index contributed by atoms with van der Waals surface area (Å²) in [5.41, 5.74) is 9.44. The molecule has 0 bridgehead atoms. The first-order valence-corrected chi connectivity index (χ1v) is 7.60. The lowest BCUT2D eigenvalue weighted by Gasteiger charge is -2.35. The maximum atomic E-state index is 6.32. The van der Waals surface area contributed by atoms with Crippen LogP contribution in [0.4, 0.5) is 0 Å². The molecule has 3 nitrogen and oxygen atoms in total. The van der Waals surface area contributed by atoms with Gasteiger partial charge in [-0.2, -0.15) is 0 Å². The Hall–Kier alpha value is -0.800. The van der Waals surface area contributed by atoms with Crippen LogP contribution < -0.4 is 5.73 Å². The number of nitrogens with two attached hydrogens (primary N) is 1. The van der Waals surface area contributed by atoms with E-state index in [0.29, 0.717) is 11.5 Å². The van der Waals surface area contributed by atoms with Gasteiger partial charge in [0, 0.05) is 31.1 Å². The topological polar surface area (TPSA) is 40.2 Å². The van der Waals surface area contributed by atoms with Crippen LogP contribution in [-0.4, -0.2) is 17.3 Å². The first kappa shape index (κ1) is 13.2. The molecule has 3 heteroatoms. The average Bonchev–Trinajstić information content (AvgIpc) is 2.72.